The molecule has 0 unspecified atom stereocenters. The molecule has 1 aromatic rings. The van der Waals surface area contributed by atoms with Gasteiger partial charge in [0.1, 0.15) is 0 Å². The van der Waals surface area contributed by atoms with Gasteiger partial charge in [-0.05, 0) is 71.1 Å². The van der Waals surface area contributed by atoms with Crippen molar-refractivity contribution in [1.82, 2.24) is 0 Å². The maximum atomic E-state index is 10.9. The second-order valence-electron chi connectivity index (χ2n) is 9.09. The molecule has 1 aliphatic carbocycles. The van der Waals surface area contributed by atoms with Crippen LogP contribution < -0.4 is 0 Å². The van der Waals surface area contributed by atoms with Gasteiger partial charge in [-0.3, -0.25) is 0 Å². The third-order valence-corrected chi connectivity index (χ3v) is 11.6. The van der Waals surface area contributed by atoms with Gasteiger partial charge >= 0.3 is 0 Å². The second-order valence-corrected chi connectivity index (χ2v) is 15.0. The van der Waals surface area contributed by atoms with Gasteiger partial charge in [0.15, 0.2) is 8.32 Å². The zero-order chi connectivity index (χ0) is 18.7. The molecule has 1 fully saturated rings. The van der Waals surface area contributed by atoms with E-state index in [0.29, 0.717) is 5.92 Å². The first kappa shape index (κ1) is 21.4. The van der Waals surface area contributed by atoms with E-state index < -0.39 is 14.4 Å². The molecule has 0 bridgehead atoms. The summed E-state index contributed by atoms with van der Waals surface area (Å²) in [6, 6.07) is 8.17. The van der Waals surface area contributed by atoms with Crippen LogP contribution in [0.15, 0.2) is 24.3 Å². The first-order valence-corrected chi connectivity index (χ1v) is 13.7. The summed E-state index contributed by atoms with van der Waals surface area (Å²) in [6.45, 7) is 11.6. The van der Waals surface area contributed by atoms with Gasteiger partial charge < -0.3 is 9.53 Å². The lowest BCUT2D eigenvalue weighted by molar-refractivity contribution is 0.0377. The van der Waals surface area contributed by atoms with Crippen LogP contribution in [0, 0.1) is 9.49 Å². The second kappa shape index (κ2) is 8.85. The SMILES string of the molecule is CC(C)(C)[Si](C)(C)O[C@H](C[C@@H](O)c1ccccc1I)C1CCCCC1. The van der Waals surface area contributed by atoms with Gasteiger partial charge in [0.2, 0.25) is 0 Å². The molecule has 2 atom stereocenters. The fraction of sp³-hybridized carbons (Fsp3) is 0.714. The first-order chi connectivity index (χ1) is 11.6. The first-order valence-electron chi connectivity index (χ1n) is 9.72. The molecule has 0 heterocycles. The van der Waals surface area contributed by atoms with Gasteiger partial charge in [-0.25, -0.2) is 0 Å². The number of hydrogen-bond acceptors (Lipinski definition) is 2. The molecule has 2 nitrogen and oxygen atoms in total. The van der Waals surface area contributed by atoms with Crippen molar-refractivity contribution in [2.45, 2.75) is 89.6 Å². The summed E-state index contributed by atoms with van der Waals surface area (Å²) >= 11 is 2.33. The van der Waals surface area contributed by atoms with Crippen molar-refractivity contribution in [1.29, 1.82) is 0 Å². The number of rotatable bonds is 6. The van der Waals surface area contributed by atoms with Crippen molar-refractivity contribution < 1.29 is 9.53 Å². The maximum absolute atomic E-state index is 10.9. The van der Waals surface area contributed by atoms with Crippen LogP contribution in [-0.2, 0) is 4.43 Å². The summed E-state index contributed by atoms with van der Waals surface area (Å²) in [7, 11) is -1.85. The Bertz CT molecular complexity index is 547. The number of aliphatic hydroxyl groups is 1. The van der Waals surface area contributed by atoms with Gasteiger partial charge in [0, 0.05) is 9.99 Å². The molecule has 1 saturated carbocycles. The highest BCUT2D eigenvalue weighted by molar-refractivity contribution is 14.1. The molecule has 1 aliphatic rings. The van der Waals surface area contributed by atoms with Crippen LogP contribution in [0.1, 0.15) is 71.0 Å². The average molecular weight is 474 g/mol. The van der Waals surface area contributed by atoms with E-state index in [2.05, 4.69) is 68.6 Å². The standard InChI is InChI=1S/C21H35IO2Si/c1-21(2,3)25(4,5)24-20(16-11-7-6-8-12-16)15-19(23)17-13-9-10-14-18(17)22/h9-10,13-14,16,19-20,23H,6-8,11-12,15H2,1-5H3/t19-,20-/m1/s1. The van der Waals surface area contributed by atoms with E-state index in [-0.39, 0.29) is 11.1 Å². The summed E-state index contributed by atoms with van der Waals surface area (Å²) < 4.78 is 7.99. The Morgan fingerprint density at radius 2 is 1.76 bits per heavy atom. The van der Waals surface area contributed by atoms with Crippen LogP contribution in [0.4, 0.5) is 0 Å². The molecule has 1 aromatic carbocycles. The fourth-order valence-electron chi connectivity index (χ4n) is 3.49. The van der Waals surface area contributed by atoms with Crippen LogP contribution in [0.3, 0.4) is 0 Å². The molecule has 1 N–H and O–H groups in total. The predicted molar refractivity (Wildman–Crippen MR) is 117 cm³/mol. The Labute approximate surface area is 169 Å². The number of hydrogen-bond donors (Lipinski definition) is 1. The Balaban J connectivity index is 2.18. The molecule has 0 saturated heterocycles. The summed E-state index contributed by atoms with van der Waals surface area (Å²) in [5.74, 6) is 0.596. The van der Waals surface area contributed by atoms with Crippen molar-refractivity contribution in [2.75, 3.05) is 0 Å². The average Bonchev–Trinajstić information content (AvgIpc) is 2.54. The van der Waals surface area contributed by atoms with E-state index in [9.17, 15) is 5.11 Å². The minimum Gasteiger partial charge on any atom is -0.414 e. The van der Waals surface area contributed by atoms with Crippen LogP contribution >= 0.6 is 22.6 Å². The molecule has 2 rings (SSSR count). The highest BCUT2D eigenvalue weighted by Crippen LogP contribution is 2.41. The van der Waals surface area contributed by atoms with Crippen LogP contribution in [0.25, 0.3) is 0 Å². The Hall–Kier alpha value is 0.0869. The molecule has 4 heteroatoms. The van der Waals surface area contributed by atoms with Crippen LogP contribution in [0.2, 0.25) is 18.1 Å². The smallest absolute Gasteiger partial charge is 0.192 e. The van der Waals surface area contributed by atoms with Gasteiger partial charge in [-0.1, -0.05) is 58.2 Å². The zero-order valence-electron chi connectivity index (χ0n) is 16.5. The van der Waals surface area contributed by atoms with E-state index in [0.717, 1.165) is 15.6 Å². The van der Waals surface area contributed by atoms with Crippen molar-refractivity contribution in [3.8, 4) is 0 Å². The highest BCUT2D eigenvalue weighted by atomic mass is 127. The molecule has 0 aromatic heterocycles. The molecular weight excluding hydrogens is 439 g/mol. The van der Waals surface area contributed by atoms with Crippen molar-refractivity contribution in [3.63, 3.8) is 0 Å². The topological polar surface area (TPSA) is 29.5 Å². The number of benzene rings is 1. The van der Waals surface area contributed by atoms with Crippen LogP contribution in [0.5, 0.6) is 0 Å². The lowest BCUT2D eigenvalue weighted by Gasteiger charge is -2.43. The molecule has 0 amide bonds. The lowest BCUT2D eigenvalue weighted by atomic mass is 9.83. The van der Waals surface area contributed by atoms with Crippen molar-refractivity contribution in [2.24, 2.45) is 5.92 Å². The summed E-state index contributed by atoms with van der Waals surface area (Å²) in [5.41, 5.74) is 1.04. The van der Waals surface area contributed by atoms with E-state index in [4.69, 9.17) is 4.43 Å². The van der Waals surface area contributed by atoms with E-state index in [1.54, 1.807) is 0 Å². The molecule has 142 valence electrons. The zero-order valence-corrected chi connectivity index (χ0v) is 19.7. The molecule has 25 heavy (non-hydrogen) atoms. The van der Waals surface area contributed by atoms with E-state index in [1.807, 2.05) is 12.1 Å². The van der Waals surface area contributed by atoms with Crippen molar-refractivity contribution in [3.05, 3.63) is 33.4 Å². The molecule has 0 spiro atoms. The fourth-order valence-corrected chi connectivity index (χ4v) is 5.64. The van der Waals surface area contributed by atoms with Crippen molar-refractivity contribution >= 4 is 30.9 Å². The maximum Gasteiger partial charge on any atom is 0.192 e. The minimum atomic E-state index is -1.85. The largest absolute Gasteiger partial charge is 0.414 e. The number of aliphatic hydroxyl groups excluding tert-OH is 1. The van der Waals surface area contributed by atoms with Crippen LogP contribution in [-0.4, -0.2) is 19.5 Å². The van der Waals surface area contributed by atoms with Gasteiger partial charge in [0.25, 0.3) is 0 Å². The Kier molecular flexibility index (Phi) is 7.57. The van der Waals surface area contributed by atoms with Gasteiger partial charge in [-0.2, -0.15) is 0 Å². The molecule has 0 radical (unpaired) electrons. The quantitative estimate of drug-likeness (QED) is 0.368. The third kappa shape index (κ3) is 5.78. The summed E-state index contributed by atoms with van der Waals surface area (Å²) in [5, 5.41) is 11.1. The number of halogens is 1. The normalized spacial score (nSPS) is 19.6. The Morgan fingerprint density at radius 1 is 1.16 bits per heavy atom. The lowest BCUT2D eigenvalue weighted by Crippen LogP contribution is -2.46. The third-order valence-electron chi connectivity index (χ3n) is 6.15. The van der Waals surface area contributed by atoms with E-state index >= 15 is 0 Å². The van der Waals surface area contributed by atoms with E-state index in [1.165, 1.54) is 32.1 Å². The van der Waals surface area contributed by atoms with Gasteiger partial charge in [0.05, 0.1) is 12.2 Å². The predicted octanol–water partition coefficient (Wildman–Crippen LogP) is 6.69. The minimum absolute atomic E-state index is 0.173. The Morgan fingerprint density at radius 3 is 2.32 bits per heavy atom. The monoisotopic (exact) mass is 474 g/mol. The molecule has 0 aliphatic heterocycles. The van der Waals surface area contributed by atoms with Gasteiger partial charge in [-0.15, -0.1) is 0 Å². The highest BCUT2D eigenvalue weighted by Gasteiger charge is 2.41. The summed E-state index contributed by atoms with van der Waals surface area (Å²) in [6.07, 6.45) is 6.91. The summed E-state index contributed by atoms with van der Waals surface area (Å²) in [4.78, 5) is 0. The molecular formula is C21H35IO2Si.